The van der Waals surface area contributed by atoms with Crippen molar-refractivity contribution in [2.24, 2.45) is 0 Å². The Labute approximate surface area is 159 Å². The van der Waals surface area contributed by atoms with E-state index in [9.17, 15) is 4.79 Å². The van der Waals surface area contributed by atoms with Gasteiger partial charge in [0.2, 0.25) is 5.95 Å². The molecule has 0 aliphatic rings. The van der Waals surface area contributed by atoms with Crippen molar-refractivity contribution in [3.63, 3.8) is 0 Å². The fourth-order valence-electron chi connectivity index (χ4n) is 2.75. The van der Waals surface area contributed by atoms with Gasteiger partial charge in [-0.25, -0.2) is 9.97 Å². The number of nitrogens with one attached hydrogen (secondary N) is 1. The zero-order valence-corrected chi connectivity index (χ0v) is 15.8. The van der Waals surface area contributed by atoms with Crippen LogP contribution in [0.1, 0.15) is 27.2 Å². The Morgan fingerprint density at radius 1 is 1.07 bits per heavy atom. The average Bonchev–Trinajstić information content (AvgIpc) is 2.69. The van der Waals surface area contributed by atoms with E-state index in [1.165, 1.54) is 5.56 Å². The summed E-state index contributed by atoms with van der Waals surface area (Å²) in [5.41, 5.74) is 4.51. The Kier molecular flexibility index (Phi) is 5.76. The topological polar surface area (TPSA) is 71.0 Å². The van der Waals surface area contributed by atoms with Crippen LogP contribution >= 0.6 is 0 Å². The van der Waals surface area contributed by atoms with Crippen LogP contribution in [0, 0.1) is 13.8 Å². The summed E-state index contributed by atoms with van der Waals surface area (Å²) in [7, 11) is 1.92. The molecule has 0 unspecified atom stereocenters. The molecule has 0 atom stereocenters. The summed E-state index contributed by atoms with van der Waals surface area (Å²) in [4.78, 5) is 27.3. The molecule has 3 rings (SSSR count). The second-order valence-electron chi connectivity index (χ2n) is 6.54. The van der Waals surface area contributed by atoms with Gasteiger partial charge in [0.15, 0.2) is 0 Å². The molecule has 6 heteroatoms. The quantitative estimate of drug-likeness (QED) is 0.728. The fraction of sp³-hybridized carbons (Fsp3) is 0.238. The molecule has 1 amide bonds. The Bertz CT molecular complexity index is 927. The number of aromatic nitrogens is 3. The molecule has 0 saturated heterocycles. The van der Waals surface area contributed by atoms with Gasteiger partial charge in [-0.3, -0.25) is 9.78 Å². The van der Waals surface area contributed by atoms with Gasteiger partial charge < -0.3 is 10.2 Å². The van der Waals surface area contributed by atoms with Crippen molar-refractivity contribution in [2.45, 2.75) is 20.3 Å². The summed E-state index contributed by atoms with van der Waals surface area (Å²) >= 11 is 0. The van der Waals surface area contributed by atoms with Crippen LogP contribution in [0.2, 0.25) is 0 Å². The predicted molar refractivity (Wildman–Crippen MR) is 107 cm³/mol. The van der Waals surface area contributed by atoms with Gasteiger partial charge >= 0.3 is 0 Å². The number of hydrogen-bond donors (Lipinski definition) is 1. The molecular weight excluding hydrogens is 338 g/mol. The highest BCUT2D eigenvalue weighted by atomic mass is 16.1. The standard InChI is InChI=1S/C21H23N5O/c1-15-4-5-18(16(2)14-15)24-20(27)19-8-12-23-21(25-19)26(3)13-9-17-6-10-22-11-7-17/h4-8,10-12,14H,9,13H2,1-3H3,(H,24,27). The highest BCUT2D eigenvalue weighted by Crippen LogP contribution is 2.17. The molecule has 0 aliphatic heterocycles. The SMILES string of the molecule is Cc1ccc(NC(=O)c2ccnc(N(C)CCc3ccncc3)n2)c(C)c1. The number of nitrogens with zero attached hydrogens (tertiary/aromatic N) is 4. The number of aryl methyl sites for hydroxylation is 2. The van der Waals surface area contributed by atoms with Gasteiger partial charge in [0.25, 0.3) is 5.91 Å². The highest BCUT2D eigenvalue weighted by molar-refractivity contribution is 6.03. The van der Waals surface area contributed by atoms with E-state index in [2.05, 4.69) is 20.3 Å². The maximum Gasteiger partial charge on any atom is 0.274 e. The lowest BCUT2D eigenvalue weighted by Gasteiger charge is -2.17. The smallest absolute Gasteiger partial charge is 0.274 e. The van der Waals surface area contributed by atoms with Crippen molar-refractivity contribution in [1.29, 1.82) is 0 Å². The number of amides is 1. The first kappa shape index (κ1) is 18.5. The summed E-state index contributed by atoms with van der Waals surface area (Å²) in [6, 6.07) is 11.5. The van der Waals surface area contributed by atoms with Crippen LogP contribution in [-0.4, -0.2) is 34.5 Å². The van der Waals surface area contributed by atoms with Crippen molar-refractivity contribution in [3.8, 4) is 0 Å². The minimum Gasteiger partial charge on any atom is -0.344 e. The third kappa shape index (κ3) is 4.88. The lowest BCUT2D eigenvalue weighted by molar-refractivity contribution is 0.102. The summed E-state index contributed by atoms with van der Waals surface area (Å²) in [6.45, 7) is 4.74. The normalized spacial score (nSPS) is 10.5. The van der Waals surface area contributed by atoms with E-state index in [0.717, 1.165) is 29.8 Å². The summed E-state index contributed by atoms with van der Waals surface area (Å²) < 4.78 is 0. The number of carbonyl (C=O) groups excluding carboxylic acids is 1. The zero-order chi connectivity index (χ0) is 19.2. The van der Waals surface area contributed by atoms with Crippen LogP contribution in [0.5, 0.6) is 0 Å². The first-order chi connectivity index (χ1) is 13.0. The largest absolute Gasteiger partial charge is 0.344 e. The van der Waals surface area contributed by atoms with Crippen LogP contribution in [0.3, 0.4) is 0 Å². The minimum absolute atomic E-state index is 0.242. The van der Waals surface area contributed by atoms with Gasteiger partial charge in [-0.15, -0.1) is 0 Å². The molecule has 0 aliphatic carbocycles. The van der Waals surface area contributed by atoms with Crippen molar-refractivity contribution in [3.05, 3.63) is 77.4 Å². The number of rotatable bonds is 6. The molecule has 0 fully saturated rings. The Morgan fingerprint density at radius 3 is 2.59 bits per heavy atom. The summed E-state index contributed by atoms with van der Waals surface area (Å²) in [6.07, 6.45) is 6.03. The van der Waals surface area contributed by atoms with E-state index in [0.29, 0.717) is 11.6 Å². The molecule has 138 valence electrons. The van der Waals surface area contributed by atoms with Crippen LogP contribution in [-0.2, 0) is 6.42 Å². The highest BCUT2D eigenvalue weighted by Gasteiger charge is 2.12. The van der Waals surface area contributed by atoms with Crippen LogP contribution in [0.25, 0.3) is 0 Å². The maximum atomic E-state index is 12.6. The van der Waals surface area contributed by atoms with E-state index in [1.807, 2.05) is 56.1 Å². The number of anilines is 2. The van der Waals surface area contributed by atoms with E-state index in [4.69, 9.17) is 0 Å². The molecule has 0 saturated carbocycles. The van der Waals surface area contributed by atoms with Crippen molar-refractivity contribution in [2.75, 3.05) is 23.8 Å². The van der Waals surface area contributed by atoms with E-state index in [1.54, 1.807) is 24.7 Å². The molecule has 2 aromatic heterocycles. The van der Waals surface area contributed by atoms with Gasteiger partial charge in [0.1, 0.15) is 5.69 Å². The van der Waals surface area contributed by atoms with Crippen molar-refractivity contribution in [1.82, 2.24) is 15.0 Å². The molecule has 6 nitrogen and oxygen atoms in total. The predicted octanol–water partition coefficient (Wildman–Crippen LogP) is 3.42. The Morgan fingerprint density at radius 2 is 1.85 bits per heavy atom. The lowest BCUT2D eigenvalue weighted by atomic mass is 10.1. The second-order valence-corrected chi connectivity index (χ2v) is 6.54. The van der Waals surface area contributed by atoms with Crippen molar-refractivity contribution < 1.29 is 4.79 Å². The van der Waals surface area contributed by atoms with Gasteiger partial charge in [-0.05, 0) is 55.7 Å². The lowest BCUT2D eigenvalue weighted by Crippen LogP contribution is -2.24. The fourth-order valence-corrected chi connectivity index (χ4v) is 2.75. The van der Waals surface area contributed by atoms with Gasteiger partial charge in [0, 0.05) is 37.9 Å². The summed E-state index contributed by atoms with van der Waals surface area (Å²) in [5, 5.41) is 2.92. The maximum absolute atomic E-state index is 12.6. The molecule has 0 radical (unpaired) electrons. The van der Waals surface area contributed by atoms with Gasteiger partial charge in [-0.1, -0.05) is 17.7 Å². The molecule has 27 heavy (non-hydrogen) atoms. The Balaban J connectivity index is 1.67. The molecular formula is C21H23N5O. The van der Waals surface area contributed by atoms with Crippen LogP contribution in [0.4, 0.5) is 11.6 Å². The third-order valence-electron chi connectivity index (χ3n) is 4.33. The van der Waals surface area contributed by atoms with Gasteiger partial charge in [0.05, 0.1) is 0 Å². The molecule has 1 aromatic carbocycles. The molecule has 3 aromatic rings. The van der Waals surface area contributed by atoms with E-state index >= 15 is 0 Å². The van der Waals surface area contributed by atoms with Gasteiger partial charge in [-0.2, -0.15) is 0 Å². The van der Waals surface area contributed by atoms with Crippen LogP contribution in [0.15, 0.2) is 55.0 Å². The second kappa shape index (κ2) is 8.40. The first-order valence-corrected chi connectivity index (χ1v) is 8.84. The number of carbonyl (C=O) groups is 1. The third-order valence-corrected chi connectivity index (χ3v) is 4.33. The molecule has 2 heterocycles. The molecule has 0 spiro atoms. The number of hydrogen-bond acceptors (Lipinski definition) is 5. The minimum atomic E-state index is -0.242. The van der Waals surface area contributed by atoms with E-state index < -0.39 is 0 Å². The average molecular weight is 361 g/mol. The first-order valence-electron chi connectivity index (χ1n) is 8.84. The zero-order valence-electron chi connectivity index (χ0n) is 15.8. The monoisotopic (exact) mass is 361 g/mol. The van der Waals surface area contributed by atoms with E-state index in [-0.39, 0.29) is 5.91 Å². The number of benzene rings is 1. The van der Waals surface area contributed by atoms with Crippen LogP contribution < -0.4 is 10.2 Å². The molecule has 1 N–H and O–H groups in total. The molecule has 0 bridgehead atoms. The van der Waals surface area contributed by atoms with Crippen molar-refractivity contribution >= 4 is 17.5 Å². The number of pyridine rings is 1. The number of likely N-dealkylation sites (N-methyl/N-ethyl adjacent to an activating group) is 1. The Hall–Kier alpha value is -3.28. The summed E-state index contributed by atoms with van der Waals surface area (Å²) in [5.74, 6) is 0.283.